The molecule has 0 aliphatic carbocycles. The highest BCUT2D eigenvalue weighted by Gasteiger charge is 2.11. The third kappa shape index (κ3) is 9.41. The molecule has 1 aromatic carbocycles. The minimum absolute atomic E-state index is 0.228. The van der Waals surface area contributed by atoms with Crippen molar-refractivity contribution in [3.05, 3.63) is 76.2 Å². The molecule has 0 aromatic heterocycles. The van der Waals surface area contributed by atoms with Gasteiger partial charge in [0.2, 0.25) is 0 Å². The van der Waals surface area contributed by atoms with E-state index in [1.54, 1.807) is 21.0 Å². The molecule has 0 spiro atoms. The molecule has 170 valence electrons. The first-order chi connectivity index (χ1) is 15.4. The van der Waals surface area contributed by atoms with E-state index in [9.17, 15) is 4.79 Å². The lowest BCUT2D eigenvalue weighted by molar-refractivity contribution is -0.112. The Hall–Kier alpha value is -3.03. The largest absolute Gasteiger partial charge is 0.488 e. The monoisotopic (exact) mass is 452 g/mol. The summed E-state index contributed by atoms with van der Waals surface area (Å²) in [6, 6.07) is 7.89. The van der Waals surface area contributed by atoms with Crippen LogP contribution in [0.3, 0.4) is 0 Å². The molecule has 0 unspecified atom stereocenters. The Kier molecular flexibility index (Phi) is 12.6. The van der Waals surface area contributed by atoms with Crippen LogP contribution in [0, 0.1) is 11.8 Å². The fourth-order valence-corrected chi connectivity index (χ4v) is 2.92. The zero-order valence-corrected chi connectivity index (χ0v) is 20.5. The number of aryl methyl sites for hydroxylation is 1. The number of hydrogen-bond acceptors (Lipinski definition) is 3. The molecule has 0 radical (unpaired) electrons. The summed E-state index contributed by atoms with van der Waals surface area (Å²) in [4.78, 5) is 17.3. The van der Waals surface area contributed by atoms with E-state index in [-0.39, 0.29) is 5.91 Å². The first-order valence-corrected chi connectivity index (χ1v) is 11.1. The Labute approximate surface area is 197 Å². The zero-order valence-electron chi connectivity index (χ0n) is 19.7. The summed E-state index contributed by atoms with van der Waals surface area (Å²) in [5.41, 5.74) is 3.61. The lowest BCUT2D eigenvalue weighted by Crippen LogP contribution is -2.15. The van der Waals surface area contributed by atoms with Crippen LogP contribution in [0.15, 0.2) is 75.6 Å². The standard InChI is InChI=1S/C27H33ClN2O2/c1-7-10-22-14-16-24(17-15-22)30-27(31)23(11-8-2)19-29-21(5)25(18-13-20(4)28)26(32-6)12-9-3/h11,13-17,19H,5,7-8,10,18H2,1-4,6H3,(H,30,31)/b20-13+,23-11+,26-25-,29-19?. The van der Waals surface area contributed by atoms with Crippen molar-refractivity contribution in [1.82, 2.24) is 0 Å². The van der Waals surface area contributed by atoms with Crippen LogP contribution >= 0.6 is 11.6 Å². The molecular weight excluding hydrogens is 420 g/mol. The molecule has 0 bridgehead atoms. The summed E-state index contributed by atoms with van der Waals surface area (Å²) in [6.45, 7) is 11.7. The predicted molar refractivity (Wildman–Crippen MR) is 137 cm³/mol. The molecular formula is C27H33ClN2O2. The number of allylic oxidation sites excluding steroid dienone is 5. The Morgan fingerprint density at radius 1 is 1.25 bits per heavy atom. The Bertz CT molecular complexity index is 967. The molecule has 1 amide bonds. The number of nitrogens with one attached hydrogen (secondary N) is 1. The third-order valence-corrected chi connectivity index (χ3v) is 4.60. The summed E-state index contributed by atoms with van der Waals surface area (Å²) >= 11 is 6.00. The second kappa shape index (κ2) is 14.9. The van der Waals surface area contributed by atoms with E-state index in [1.807, 2.05) is 43.3 Å². The van der Waals surface area contributed by atoms with Gasteiger partial charge in [-0.25, -0.2) is 0 Å². The van der Waals surface area contributed by atoms with Crippen molar-refractivity contribution >= 4 is 29.4 Å². The van der Waals surface area contributed by atoms with E-state index in [0.29, 0.717) is 40.5 Å². The number of amides is 1. The maximum absolute atomic E-state index is 12.8. The number of rotatable bonds is 11. The van der Waals surface area contributed by atoms with Gasteiger partial charge in [-0.05, 0) is 56.7 Å². The average molecular weight is 453 g/mol. The lowest BCUT2D eigenvalue weighted by Gasteiger charge is -2.10. The Morgan fingerprint density at radius 3 is 2.47 bits per heavy atom. The van der Waals surface area contributed by atoms with Crippen molar-refractivity contribution in [1.29, 1.82) is 0 Å². The maximum atomic E-state index is 12.8. The van der Waals surface area contributed by atoms with Gasteiger partial charge in [0.05, 0.1) is 18.4 Å². The number of ether oxygens (including phenoxy) is 1. The lowest BCUT2D eigenvalue weighted by atomic mass is 10.1. The summed E-state index contributed by atoms with van der Waals surface area (Å²) < 4.78 is 5.42. The zero-order chi connectivity index (χ0) is 23.9. The van der Waals surface area contributed by atoms with Gasteiger partial charge >= 0.3 is 0 Å². The highest BCUT2D eigenvalue weighted by atomic mass is 35.5. The number of anilines is 1. The van der Waals surface area contributed by atoms with Gasteiger partial charge in [0.25, 0.3) is 5.91 Å². The quantitative estimate of drug-likeness (QED) is 0.130. The smallest absolute Gasteiger partial charge is 0.256 e. The number of carbonyl (C=O) groups is 1. The van der Waals surface area contributed by atoms with Crippen LogP contribution in [-0.2, 0) is 16.0 Å². The van der Waals surface area contributed by atoms with Gasteiger partial charge in [0.15, 0.2) is 5.76 Å². The molecule has 0 heterocycles. The first-order valence-electron chi connectivity index (χ1n) is 10.7. The molecule has 0 saturated carbocycles. The van der Waals surface area contributed by atoms with Crippen LogP contribution < -0.4 is 5.32 Å². The van der Waals surface area contributed by atoms with E-state index in [0.717, 1.165) is 18.5 Å². The molecule has 32 heavy (non-hydrogen) atoms. The van der Waals surface area contributed by atoms with Crippen molar-refractivity contribution < 1.29 is 9.53 Å². The minimum atomic E-state index is -0.228. The van der Waals surface area contributed by atoms with E-state index in [1.165, 1.54) is 11.8 Å². The van der Waals surface area contributed by atoms with E-state index in [4.69, 9.17) is 16.3 Å². The van der Waals surface area contributed by atoms with Crippen molar-refractivity contribution in [2.24, 2.45) is 4.99 Å². The van der Waals surface area contributed by atoms with Gasteiger partial charge < -0.3 is 10.1 Å². The minimum Gasteiger partial charge on any atom is -0.488 e. The molecule has 5 heteroatoms. The maximum Gasteiger partial charge on any atom is 0.256 e. The van der Waals surface area contributed by atoms with Crippen molar-refractivity contribution in [2.45, 2.75) is 53.4 Å². The molecule has 1 aromatic rings. The average Bonchev–Trinajstić information content (AvgIpc) is 2.77. The number of carbonyl (C=O) groups excluding carboxylic acids is 1. The summed E-state index contributed by atoms with van der Waals surface area (Å²) in [5, 5.41) is 3.58. The van der Waals surface area contributed by atoms with Crippen LogP contribution in [0.1, 0.15) is 52.5 Å². The third-order valence-electron chi connectivity index (χ3n) is 4.45. The predicted octanol–water partition coefficient (Wildman–Crippen LogP) is 6.96. The summed E-state index contributed by atoms with van der Waals surface area (Å²) in [7, 11) is 1.55. The van der Waals surface area contributed by atoms with Gasteiger partial charge in [-0.15, -0.1) is 0 Å². The number of hydrogen-bond donors (Lipinski definition) is 1. The highest BCUT2D eigenvalue weighted by Crippen LogP contribution is 2.21. The normalized spacial score (nSPS) is 12.7. The molecule has 4 nitrogen and oxygen atoms in total. The highest BCUT2D eigenvalue weighted by molar-refractivity contribution is 6.29. The van der Waals surface area contributed by atoms with Crippen LogP contribution in [0.5, 0.6) is 0 Å². The van der Waals surface area contributed by atoms with Crippen molar-refractivity contribution in [2.75, 3.05) is 12.4 Å². The molecule has 0 fully saturated rings. The van der Waals surface area contributed by atoms with Crippen molar-refractivity contribution in [3.8, 4) is 11.8 Å². The fraction of sp³-hybridized carbons (Fsp3) is 0.333. The number of nitrogens with zero attached hydrogens (tertiary/aromatic N) is 1. The molecule has 0 atom stereocenters. The second-order valence-electron chi connectivity index (χ2n) is 7.06. The van der Waals surface area contributed by atoms with Crippen LogP contribution in [-0.4, -0.2) is 19.2 Å². The summed E-state index contributed by atoms with van der Waals surface area (Å²) in [6.07, 6.45) is 8.45. The van der Waals surface area contributed by atoms with Crippen LogP contribution in [0.25, 0.3) is 0 Å². The number of halogens is 1. The number of benzene rings is 1. The number of aliphatic imine (C=N–C) groups is 1. The molecule has 0 aliphatic rings. The van der Waals surface area contributed by atoms with Crippen LogP contribution in [0.4, 0.5) is 5.69 Å². The Morgan fingerprint density at radius 2 is 1.94 bits per heavy atom. The summed E-state index contributed by atoms with van der Waals surface area (Å²) in [5.74, 6) is 6.00. The van der Waals surface area contributed by atoms with E-state index >= 15 is 0 Å². The number of methoxy groups -OCH3 is 1. The van der Waals surface area contributed by atoms with Gasteiger partial charge in [-0.3, -0.25) is 9.79 Å². The van der Waals surface area contributed by atoms with E-state index in [2.05, 4.69) is 35.7 Å². The Balaban J connectivity index is 3.09. The molecule has 1 N–H and O–H groups in total. The van der Waals surface area contributed by atoms with E-state index < -0.39 is 0 Å². The topological polar surface area (TPSA) is 50.7 Å². The van der Waals surface area contributed by atoms with Gasteiger partial charge in [0, 0.05) is 22.5 Å². The molecule has 1 rings (SSSR count). The fourth-order valence-electron chi connectivity index (χ4n) is 2.84. The molecule has 0 saturated heterocycles. The van der Waals surface area contributed by atoms with Crippen LogP contribution in [0.2, 0.25) is 0 Å². The SMILES string of the molecule is C=C(N=C/C(=C\CC)C(=O)Nc1ccc(CCC)cc1)/C(C/C=C(\C)Cl)=C(/C#CC)OC. The van der Waals surface area contributed by atoms with Gasteiger partial charge in [-0.1, -0.05) is 68.7 Å². The second-order valence-corrected chi connectivity index (χ2v) is 7.65. The van der Waals surface area contributed by atoms with Gasteiger partial charge in [0.1, 0.15) is 0 Å². The first kappa shape index (κ1) is 27.0. The van der Waals surface area contributed by atoms with Crippen molar-refractivity contribution in [3.63, 3.8) is 0 Å². The van der Waals surface area contributed by atoms with Gasteiger partial charge in [-0.2, -0.15) is 0 Å². The molecule has 0 aliphatic heterocycles.